The van der Waals surface area contributed by atoms with Crippen LogP contribution in [0.4, 0.5) is 0 Å². The maximum absolute atomic E-state index is 11.3. The summed E-state index contributed by atoms with van der Waals surface area (Å²) in [5, 5.41) is 5.49. The van der Waals surface area contributed by atoms with Crippen LogP contribution in [-0.2, 0) is 9.84 Å². The SMILES string of the molecule is CCC(NCCCS(=O)(=O)CC)c1cccs1. The van der Waals surface area contributed by atoms with Gasteiger partial charge in [0.25, 0.3) is 0 Å². The van der Waals surface area contributed by atoms with Crippen LogP contribution in [0.2, 0.25) is 0 Å². The highest BCUT2D eigenvalue weighted by atomic mass is 32.2. The molecule has 3 nitrogen and oxygen atoms in total. The minimum absolute atomic E-state index is 0.245. The van der Waals surface area contributed by atoms with Gasteiger partial charge in [0.2, 0.25) is 0 Å². The fourth-order valence-corrected chi connectivity index (χ4v) is 3.41. The molecule has 5 heteroatoms. The van der Waals surface area contributed by atoms with E-state index >= 15 is 0 Å². The molecule has 0 amide bonds. The second kappa shape index (κ2) is 7.13. The summed E-state index contributed by atoms with van der Waals surface area (Å²) in [5.41, 5.74) is 0. The number of nitrogens with one attached hydrogen (secondary N) is 1. The minimum Gasteiger partial charge on any atom is -0.309 e. The van der Waals surface area contributed by atoms with E-state index in [4.69, 9.17) is 0 Å². The van der Waals surface area contributed by atoms with Crippen molar-refractivity contribution >= 4 is 21.2 Å². The molecule has 1 heterocycles. The summed E-state index contributed by atoms with van der Waals surface area (Å²) < 4.78 is 22.6. The lowest BCUT2D eigenvalue weighted by Gasteiger charge is -2.15. The van der Waals surface area contributed by atoms with Gasteiger partial charge in [0.15, 0.2) is 0 Å². The zero-order valence-electron chi connectivity index (χ0n) is 10.5. The van der Waals surface area contributed by atoms with Crippen molar-refractivity contribution in [3.8, 4) is 0 Å². The van der Waals surface area contributed by atoms with E-state index < -0.39 is 9.84 Å². The molecule has 98 valence electrons. The topological polar surface area (TPSA) is 46.2 Å². The molecule has 1 atom stereocenters. The largest absolute Gasteiger partial charge is 0.309 e. The Labute approximate surface area is 108 Å². The summed E-state index contributed by atoms with van der Waals surface area (Å²) >= 11 is 1.74. The van der Waals surface area contributed by atoms with Crippen LogP contribution >= 0.6 is 11.3 Å². The average molecular weight is 275 g/mol. The van der Waals surface area contributed by atoms with Crippen LogP contribution in [0.15, 0.2) is 17.5 Å². The molecule has 0 spiro atoms. The normalized spacial score (nSPS) is 13.8. The molecule has 1 rings (SSSR count). The fraction of sp³-hybridized carbons (Fsp3) is 0.667. The lowest BCUT2D eigenvalue weighted by molar-refractivity contribution is 0.523. The van der Waals surface area contributed by atoms with Crippen molar-refractivity contribution in [1.82, 2.24) is 5.32 Å². The summed E-state index contributed by atoms with van der Waals surface area (Å²) in [6, 6.07) is 4.53. The average Bonchev–Trinajstić information content (AvgIpc) is 2.83. The van der Waals surface area contributed by atoms with Gasteiger partial charge in [-0.25, -0.2) is 8.42 Å². The van der Waals surface area contributed by atoms with Crippen molar-refractivity contribution in [2.75, 3.05) is 18.1 Å². The van der Waals surface area contributed by atoms with Crippen molar-refractivity contribution < 1.29 is 8.42 Å². The Hall–Kier alpha value is -0.390. The Balaban J connectivity index is 2.30. The second-order valence-electron chi connectivity index (χ2n) is 4.02. The highest BCUT2D eigenvalue weighted by molar-refractivity contribution is 7.91. The van der Waals surface area contributed by atoms with Crippen LogP contribution in [0.25, 0.3) is 0 Å². The molecule has 0 radical (unpaired) electrons. The van der Waals surface area contributed by atoms with Gasteiger partial charge < -0.3 is 5.32 Å². The van der Waals surface area contributed by atoms with Crippen LogP contribution in [0.1, 0.15) is 37.6 Å². The van der Waals surface area contributed by atoms with Crippen LogP contribution < -0.4 is 5.32 Å². The Morgan fingerprint density at radius 3 is 2.71 bits per heavy atom. The molecule has 1 aromatic rings. The smallest absolute Gasteiger partial charge is 0.150 e. The molecule has 17 heavy (non-hydrogen) atoms. The number of hydrogen-bond acceptors (Lipinski definition) is 4. The van der Waals surface area contributed by atoms with E-state index in [1.165, 1.54) is 4.88 Å². The quantitative estimate of drug-likeness (QED) is 0.742. The van der Waals surface area contributed by atoms with Crippen molar-refractivity contribution in [1.29, 1.82) is 0 Å². The van der Waals surface area contributed by atoms with Gasteiger partial charge in [-0.15, -0.1) is 11.3 Å². The molecule has 0 saturated carbocycles. The van der Waals surface area contributed by atoms with E-state index in [-0.39, 0.29) is 11.5 Å². The van der Waals surface area contributed by atoms with E-state index in [9.17, 15) is 8.42 Å². The first-order chi connectivity index (χ1) is 8.09. The predicted octanol–water partition coefficient (Wildman–Crippen LogP) is 2.61. The Kier molecular flexibility index (Phi) is 6.16. The molecule has 0 bridgehead atoms. The van der Waals surface area contributed by atoms with E-state index in [1.807, 2.05) is 6.07 Å². The van der Waals surface area contributed by atoms with Gasteiger partial charge >= 0.3 is 0 Å². The van der Waals surface area contributed by atoms with Crippen molar-refractivity contribution in [3.05, 3.63) is 22.4 Å². The summed E-state index contributed by atoms with van der Waals surface area (Å²) in [5.74, 6) is 0.534. The molecule has 0 aliphatic heterocycles. The molecular weight excluding hydrogens is 254 g/mol. The molecule has 0 aliphatic rings. The zero-order valence-corrected chi connectivity index (χ0v) is 12.1. The molecule has 0 aliphatic carbocycles. The van der Waals surface area contributed by atoms with Crippen molar-refractivity contribution in [2.24, 2.45) is 0 Å². The second-order valence-corrected chi connectivity index (χ2v) is 7.47. The standard InChI is InChI=1S/C12H21NO2S2/c1-3-11(12-7-5-9-16-12)13-8-6-10-17(14,15)4-2/h5,7,9,11,13H,3-4,6,8,10H2,1-2H3. The lowest BCUT2D eigenvalue weighted by atomic mass is 10.2. The maximum Gasteiger partial charge on any atom is 0.150 e. The third-order valence-electron chi connectivity index (χ3n) is 2.76. The highest BCUT2D eigenvalue weighted by Gasteiger charge is 2.10. The maximum atomic E-state index is 11.3. The first-order valence-corrected chi connectivity index (χ1v) is 8.76. The highest BCUT2D eigenvalue weighted by Crippen LogP contribution is 2.21. The van der Waals surface area contributed by atoms with Crippen molar-refractivity contribution in [3.63, 3.8) is 0 Å². The molecule has 0 aromatic carbocycles. The van der Waals surface area contributed by atoms with Crippen molar-refractivity contribution in [2.45, 2.75) is 32.7 Å². The van der Waals surface area contributed by atoms with E-state index in [0.29, 0.717) is 12.5 Å². The third-order valence-corrected chi connectivity index (χ3v) is 5.53. The fourth-order valence-electron chi connectivity index (χ4n) is 1.65. The van der Waals surface area contributed by atoms with Gasteiger partial charge in [0.05, 0.1) is 5.75 Å². The van der Waals surface area contributed by atoms with Gasteiger partial charge in [0.1, 0.15) is 9.84 Å². The Morgan fingerprint density at radius 2 is 2.18 bits per heavy atom. The molecule has 1 aromatic heterocycles. The van der Waals surface area contributed by atoms with Crippen LogP contribution in [-0.4, -0.2) is 26.5 Å². The summed E-state index contributed by atoms with van der Waals surface area (Å²) in [6.45, 7) is 4.60. The lowest BCUT2D eigenvalue weighted by Crippen LogP contribution is -2.23. The van der Waals surface area contributed by atoms with Crippen LogP contribution in [0.3, 0.4) is 0 Å². The number of hydrogen-bond donors (Lipinski definition) is 1. The van der Waals surface area contributed by atoms with Crippen LogP contribution in [0.5, 0.6) is 0 Å². The Bertz CT molecular complexity index is 398. The molecule has 1 N–H and O–H groups in total. The molecule has 1 unspecified atom stereocenters. The zero-order chi connectivity index (χ0) is 12.7. The molecular formula is C12H21NO2S2. The van der Waals surface area contributed by atoms with Gasteiger partial charge in [-0.1, -0.05) is 19.9 Å². The summed E-state index contributed by atoms with van der Waals surface area (Å²) in [6.07, 6.45) is 1.72. The summed E-state index contributed by atoms with van der Waals surface area (Å²) in [7, 11) is -2.82. The number of rotatable bonds is 8. The van der Waals surface area contributed by atoms with E-state index in [0.717, 1.165) is 13.0 Å². The van der Waals surface area contributed by atoms with Gasteiger partial charge in [-0.3, -0.25) is 0 Å². The first kappa shape index (κ1) is 14.7. The summed E-state index contributed by atoms with van der Waals surface area (Å²) in [4.78, 5) is 1.32. The van der Waals surface area contributed by atoms with Gasteiger partial charge in [-0.05, 0) is 30.8 Å². The first-order valence-electron chi connectivity index (χ1n) is 6.06. The monoisotopic (exact) mass is 275 g/mol. The molecule has 0 saturated heterocycles. The molecule has 0 fully saturated rings. The van der Waals surface area contributed by atoms with E-state index in [2.05, 4.69) is 23.7 Å². The number of sulfone groups is 1. The van der Waals surface area contributed by atoms with Gasteiger partial charge in [0, 0.05) is 16.7 Å². The third kappa shape index (κ3) is 5.19. The van der Waals surface area contributed by atoms with Gasteiger partial charge in [-0.2, -0.15) is 0 Å². The minimum atomic E-state index is -2.82. The predicted molar refractivity (Wildman–Crippen MR) is 74.3 cm³/mol. The van der Waals surface area contributed by atoms with E-state index in [1.54, 1.807) is 18.3 Å². The number of thiophene rings is 1. The van der Waals surface area contributed by atoms with Crippen LogP contribution in [0, 0.1) is 0 Å². The Morgan fingerprint density at radius 1 is 1.41 bits per heavy atom.